The van der Waals surface area contributed by atoms with Gasteiger partial charge in [0.1, 0.15) is 23.5 Å². The van der Waals surface area contributed by atoms with Gasteiger partial charge in [0.05, 0.1) is 18.4 Å². The minimum Gasteiger partial charge on any atom is -0.496 e. The van der Waals surface area contributed by atoms with Gasteiger partial charge in [-0.15, -0.1) is 0 Å². The largest absolute Gasteiger partial charge is 0.496 e. The van der Waals surface area contributed by atoms with E-state index in [1.807, 2.05) is 0 Å². The number of methoxy groups -OCH3 is 1. The fourth-order valence-electron chi connectivity index (χ4n) is 3.12. The van der Waals surface area contributed by atoms with Crippen LogP contribution in [0.5, 0.6) is 5.75 Å². The number of carboxylic acid groups (broad SMARTS) is 1. The van der Waals surface area contributed by atoms with Crippen LogP contribution in [0.2, 0.25) is 0 Å². The molecule has 2 rings (SSSR count). The third-order valence-corrected chi connectivity index (χ3v) is 5.30. The number of hydrogen-bond donors (Lipinski definition) is 1. The Kier molecular flexibility index (Phi) is 6.71. The van der Waals surface area contributed by atoms with E-state index in [0.29, 0.717) is 5.75 Å². The number of thioether (sulfide) groups is 1. The van der Waals surface area contributed by atoms with Crippen molar-refractivity contribution < 1.29 is 33.8 Å². The van der Waals surface area contributed by atoms with Gasteiger partial charge in [-0.25, -0.2) is 9.59 Å². The van der Waals surface area contributed by atoms with E-state index < -0.39 is 34.7 Å². The van der Waals surface area contributed by atoms with Crippen LogP contribution in [-0.2, 0) is 19.1 Å². The van der Waals surface area contributed by atoms with Crippen LogP contribution in [-0.4, -0.2) is 63.5 Å². The molecule has 1 aliphatic heterocycles. The average molecular weight is 409 g/mol. The molecule has 1 amide bonds. The first-order chi connectivity index (χ1) is 13.1. The van der Waals surface area contributed by atoms with E-state index in [2.05, 4.69) is 0 Å². The molecule has 1 fully saturated rings. The Morgan fingerprint density at radius 2 is 1.86 bits per heavy atom. The summed E-state index contributed by atoms with van der Waals surface area (Å²) in [7, 11) is 1.43. The molecule has 0 aromatic heterocycles. The zero-order valence-electron chi connectivity index (χ0n) is 16.1. The molecule has 1 aliphatic rings. The Morgan fingerprint density at radius 3 is 2.43 bits per heavy atom. The second kappa shape index (κ2) is 8.64. The quantitative estimate of drug-likeness (QED) is 0.710. The number of carbonyl (C=O) groups excluding carboxylic acids is 3. The third kappa shape index (κ3) is 4.83. The average Bonchev–Trinajstić information content (AvgIpc) is 3.03. The van der Waals surface area contributed by atoms with Crippen molar-refractivity contribution >= 4 is 34.7 Å². The number of likely N-dealkylation sites (tertiary alicyclic amines) is 1. The van der Waals surface area contributed by atoms with Crippen LogP contribution in [0.3, 0.4) is 0 Å². The smallest absolute Gasteiger partial charge is 0.342 e. The third-order valence-electron chi connectivity index (χ3n) is 4.32. The van der Waals surface area contributed by atoms with Crippen molar-refractivity contribution in [1.29, 1.82) is 0 Å². The highest BCUT2D eigenvalue weighted by Gasteiger charge is 2.46. The SMILES string of the molecule is COc1ccccc1C(=O)O[C@H]1C[C@@H](C(=O)O)N(C(=O)C(C)(C)SC(C)=O)C1. The molecule has 1 heterocycles. The van der Waals surface area contributed by atoms with E-state index in [9.17, 15) is 24.3 Å². The fourth-order valence-corrected chi connectivity index (χ4v) is 4.04. The zero-order chi connectivity index (χ0) is 21.1. The Bertz CT molecular complexity index is 792. The highest BCUT2D eigenvalue weighted by atomic mass is 32.2. The van der Waals surface area contributed by atoms with Crippen LogP contribution in [0.4, 0.5) is 0 Å². The van der Waals surface area contributed by atoms with Gasteiger partial charge in [0, 0.05) is 13.3 Å². The minimum absolute atomic E-state index is 0.0250. The molecule has 0 bridgehead atoms. The van der Waals surface area contributed by atoms with Gasteiger partial charge in [0.2, 0.25) is 5.91 Å². The highest BCUT2D eigenvalue weighted by Crippen LogP contribution is 2.32. The van der Waals surface area contributed by atoms with Crippen molar-refractivity contribution in [2.75, 3.05) is 13.7 Å². The van der Waals surface area contributed by atoms with Gasteiger partial charge in [0.15, 0.2) is 5.12 Å². The maximum Gasteiger partial charge on any atom is 0.342 e. The van der Waals surface area contributed by atoms with Crippen LogP contribution in [0.15, 0.2) is 24.3 Å². The van der Waals surface area contributed by atoms with Gasteiger partial charge in [-0.1, -0.05) is 23.9 Å². The predicted octanol–water partition coefficient (Wildman–Crippen LogP) is 1.96. The summed E-state index contributed by atoms with van der Waals surface area (Å²) in [5.74, 6) is -1.99. The van der Waals surface area contributed by atoms with Gasteiger partial charge < -0.3 is 19.5 Å². The molecule has 0 unspecified atom stereocenters. The zero-order valence-corrected chi connectivity index (χ0v) is 16.9. The van der Waals surface area contributed by atoms with Crippen molar-refractivity contribution in [1.82, 2.24) is 4.90 Å². The Morgan fingerprint density at radius 1 is 1.21 bits per heavy atom. The molecule has 0 radical (unpaired) electrons. The van der Waals surface area contributed by atoms with Gasteiger partial charge in [-0.05, 0) is 26.0 Å². The summed E-state index contributed by atoms with van der Waals surface area (Å²) in [4.78, 5) is 49.5. The van der Waals surface area contributed by atoms with E-state index in [4.69, 9.17) is 9.47 Å². The number of rotatable bonds is 6. The summed E-state index contributed by atoms with van der Waals surface area (Å²) in [6, 6.07) is 5.39. The lowest BCUT2D eigenvalue weighted by molar-refractivity contribution is -0.148. The number of carboxylic acids is 1. The second-order valence-corrected chi connectivity index (χ2v) is 8.68. The second-order valence-electron chi connectivity index (χ2n) is 6.88. The molecule has 152 valence electrons. The summed E-state index contributed by atoms with van der Waals surface area (Å²) >= 11 is 0.835. The summed E-state index contributed by atoms with van der Waals surface area (Å²) in [6.45, 7) is 4.41. The van der Waals surface area contributed by atoms with E-state index in [-0.39, 0.29) is 23.6 Å². The molecular formula is C19H23NO7S. The van der Waals surface area contributed by atoms with Crippen molar-refractivity contribution in [3.05, 3.63) is 29.8 Å². The first-order valence-corrected chi connectivity index (χ1v) is 9.46. The Labute approximate surface area is 167 Å². The number of carbonyl (C=O) groups is 4. The number of para-hydroxylation sites is 1. The topological polar surface area (TPSA) is 110 Å². The van der Waals surface area contributed by atoms with Gasteiger partial charge in [0.25, 0.3) is 0 Å². The van der Waals surface area contributed by atoms with Crippen LogP contribution in [0.1, 0.15) is 37.6 Å². The van der Waals surface area contributed by atoms with Crippen LogP contribution in [0.25, 0.3) is 0 Å². The maximum absolute atomic E-state index is 12.8. The summed E-state index contributed by atoms with van der Waals surface area (Å²) in [5, 5.41) is 9.26. The van der Waals surface area contributed by atoms with E-state index in [1.54, 1.807) is 38.1 Å². The van der Waals surface area contributed by atoms with Crippen LogP contribution in [0, 0.1) is 0 Å². The fraction of sp³-hybridized carbons (Fsp3) is 0.474. The first kappa shape index (κ1) is 21.7. The number of amides is 1. The van der Waals surface area contributed by atoms with Gasteiger partial charge in [-0.3, -0.25) is 9.59 Å². The molecule has 2 atom stereocenters. The molecule has 0 aliphatic carbocycles. The molecular weight excluding hydrogens is 386 g/mol. The lowest BCUT2D eigenvalue weighted by atomic mass is 10.1. The van der Waals surface area contributed by atoms with Gasteiger partial charge in [-0.2, -0.15) is 0 Å². The number of ether oxygens (including phenoxy) is 2. The number of hydrogen-bond acceptors (Lipinski definition) is 7. The summed E-state index contributed by atoms with van der Waals surface area (Å²) < 4.78 is 9.46. The van der Waals surface area contributed by atoms with E-state index >= 15 is 0 Å². The molecule has 0 saturated carbocycles. The van der Waals surface area contributed by atoms with Crippen molar-refractivity contribution in [3.63, 3.8) is 0 Å². The van der Waals surface area contributed by atoms with Crippen molar-refractivity contribution in [2.45, 2.75) is 44.1 Å². The maximum atomic E-state index is 12.8. The standard InChI is InChI=1S/C19H23NO7S/c1-11(21)28-19(2,3)18(25)20-10-12(9-14(20)16(22)23)27-17(24)13-7-5-6-8-15(13)26-4/h5-8,12,14H,9-10H2,1-4H3,(H,22,23)/t12-,14-/m0/s1. The number of aliphatic carboxylic acids is 1. The number of benzene rings is 1. The first-order valence-electron chi connectivity index (χ1n) is 8.64. The normalized spacial score (nSPS) is 19.2. The molecule has 1 saturated heterocycles. The van der Waals surface area contributed by atoms with Crippen molar-refractivity contribution in [3.8, 4) is 5.75 Å². The lowest BCUT2D eigenvalue weighted by Crippen LogP contribution is -2.48. The molecule has 8 nitrogen and oxygen atoms in total. The highest BCUT2D eigenvalue weighted by molar-refractivity contribution is 8.15. The summed E-state index contributed by atoms with van der Waals surface area (Å²) in [6.07, 6.45) is -0.802. The molecule has 0 spiro atoms. The summed E-state index contributed by atoms with van der Waals surface area (Å²) in [5.41, 5.74) is 0.217. The van der Waals surface area contributed by atoms with Crippen LogP contribution < -0.4 is 4.74 Å². The monoisotopic (exact) mass is 409 g/mol. The molecule has 28 heavy (non-hydrogen) atoms. The van der Waals surface area contributed by atoms with Crippen molar-refractivity contribution in [2.24, 2.45) is 0 Å². The van der Waals surface area contributed by atoms with E-state index in [1.165, 1.54) is 18.9 Å². The lowest BCUT2D eigenvalue weighted by Gasteiger charge is -2.30. The molecule has 1 N–H and O–H groups in total. The van der Waals surface area contributed by atoms with Gasteiger partial charge >= 0.3 is 11.9 Å². The predicted molar refractivity (Wildman–Crippen MR) is 102 cm³/mol. The van der Waals surface area contributed by atoms with E-state index in [0.717, 1.165) is 11.8 Å². The number of esters is 1. The number of nitrogens with zero attached hydrogens (tertiary/aromatic N) is 1. The Hall–Kier alpha value is -2.55. The Balaban J connectivity index is 2.17. The molecule has 9 heteroatoms. The molecule has 1 aromatic rings. The minimum atomic E-state index is -1.19. The van der Waals surface area contributed by atoms with Crippen LogP contribution >= 0.6 is 11.8 Å². The molecule has 1 aromatic carbocycles.